The summed E-state index contributed by atoms with van der Waals surface area (Å²) in [6.07, 6.45) is 1.30. The number of halogens is 20. The first-order chi connectivity index (χ1) is 45.5. The molecule has 0 spiro atoms. The zero-order chi connectivity index (χ0) is 72.1. The Balaban J connectivity index is 0.000000219. The fraction of sp³-hybridized carbons (Fsp3) is 0.0345. The second-order valence-corrected chi connectivity index (χ2v) is 21.4. The molecular formula is C58H33BBr3Cl3F14N12O6. The van der Waals surface area contributed by atoms with Gasteiger partial charge in [-0.2, -0.15) is 26.3 Å². The number of aromatic nitrogens is 8. The first-order valence-corrected chi connectivity index (χ1v) is 29.1. The van der Waals surface area contributed by atoms with Crippen LogP contribution in [0.4, 0.5) is 84.7 Å². The van der Waals surface area contributed by atoms with Gasteiger partial charge in [-0.3, -0.25) is 24.2 Å². The number of amides is 3. The number of benzene rings is 6. The summed E-state index contributed by atoms with van der Waals surface area (Å²) in [6.45, 7) is 0. The van der Waals surface area contributed by atoms with Crippen molar-refractivity contribution in [2.45, 2.75) is 12.4 Å². The number of hydrogen-bond donors (Lipinski definition) is 6. The molecule has 0 unspecified atom stereocenters. The number of hydrogen-bond acceptors (Lipinski definition) is 15. The highest BCUT2D eigenvalue weighted by Gasteiger charge is 2.33. The van der Waals surface area contributed by atoms with Crippen LogP contribution in [-0.4, -0.2) is 80.0 Å². The maximum atomic E-state index is 13.6. The smallest absolute Gasteiger partial charge is 0.423 e. The van der Waals surface area contributed by atoms with Crippen LogP contribution in [0.3, 0.4) is 0 Å². The molecule has 0 radical (unpaired) electrons. The van der Waals surface area contributed by atoms with E-state index in [1.807, 2.05) is 0 Å². The number of nitrogens with one attached hydrogen (secondary N) is 3. The Bertz CT molecular complexity index is 4200. The third-order valence-electron chi connectivity index (χ3n) is 11.2. The molecule has 0 aliphatic heterocycles. The summed E-state index contributed by atoms with van der Waals surface area (Å²) in [5, 5.41) is 22.8. The lowest BCUT2D eigenvalue weighted by atomic mass is 9.79. The van der Waals surface area contributed by atoms with E-state index in [0.717, 1.165) is 103 Å². The molecular weight excluding hydrogens is 1580 g/mol. The molecule has 7 N–H and O–H groups in total. The Hall–Kier alpha value is -9.17. The van der Waals surface area contributed by atoms with E-state index in [4.69, 9.17) is 50.6 Å². The van der Waals surface area contributed by atoms with Gasteiger partial charge in [0.25, 0.3) is 23.0 Å². The maximum absolute atomic E-state index is 13.6. The molecule has 18 nitrogen and oxygen atoms in total. The lowest BCUT2D eigenvalue weighted by molar-refractivity contribution is -0.138. The average molecular weight is 1620 g/mol. The van der Waals surface area contributed by atoms with Crippen LogP contribution >= 0.6 is 82.6 Å². The van der Waals surface area contributed by atoms with Gasteiger partial charge in [-0.05, 0) is 144 Å². The maximum Gasteiger partial charge on any atom is 0.489 e. The molecule has 0 fully saturated rings. The first-order valence-electron chi connectivity index (χ1n) is 25.6. The summed E-state index contributed by atoms with van der Waals surface area (Å²) in [6, 6.07) is 17.5. The Kier molecular flexibility index (Phi) is 29.4. The van der Waals surface area contributed by atoms with Gasteiger partial charge < -0.3 is 31.7 Å². The van der Waals surface area contributed by atoms with Gasteiger partial charge in [-0.15, -0.1) is 0 Å². The van der Waals surface area contributed by atoms with Crippen LogP contribution in [0.25, 0.3) is 11.3 Å². The minimum absolute atomic E-state index is 0.0120. The van der Waals surface area contributed by atoms with Crippen LogP contribution in [0.1, 0.15) is 52.6 Å². The molecule has 97 heavy (non-hydrogen) atoms. The zero-order valence-electron chi connectivity index (χ0n) is 47.3. The standard InChI is InChI=1S/C18H9ClF5N3O.2C11H6BrF2N3O.C7H5BClF3O2.C7H3ClF2O.C4H4BrN3/c19-11-5-4-9(18(22,23)24)6-10(11)14-7-26-15(8-25-14)27-17(28)16-12(20)2-1-3-13(16)21;2*12-8-4-16-9(5-15-8)17-11(18)10-6(13)2-1-3-7(10)14;9-6-2-1-4(7(10,11)12)3-5(6)8(13)14;8-7(11)6-4(9)2-1-3-5(6)10;5-3-1-8-4(6)2-7-3/h1-8H,(H,26,27,28);2*1-5H,(H,16,17,18);1-3,13-14H;1-3H;1-2H,(H2,6,8). The second-order valence-electron chi connectivity index (χ2n) is 17.8. The lowest BCUT2D eigenvalue weighted by Crippen LogP contribution is -2.31. The molecule has 0 aliphatic carbocycles. The SMILES string of the molecule is Nc1cnc(Br)cn1.O=C(Cl)c1c(F)cccc1F.O=C(Nc1cnc(-c2cc(C(F)(F)F)ccc2Cl)cn1)c1c(F)cccc1F.O=C(Nc1cnc(Br)cn1)c1c(F)cccc1F.O=C(Nc1cnc(Br)cn1)c1c(F)cccc1F.OB(O)c1cc(C(F)(F)F)ccc1Cl. The molecule has 6 aromatic carbocycles. The highest BCUT2D eigenvalue weighted by molar-refractivity contribution is 9.11. The Morgan fingerprint density at radius 3 is 1.02 bits per heavy atom. The van der Waals surface area contributed by atoms with Crippen LogP contribution in [0.5, 0.6) is 0 Å². The van der Waals surface area contributed by atoms with Crippen molar-refractivity contribution in [3.63, 3.8) is 0 Å². The van der Waals surface area contributed by atoms with Crippen LogP contribution in [-0.2, 0) is 12.4 Å². The third-order valence-corrected chi connectivity index (χ3v) is 13.2. The van der Waals surface area contributed by atoms with E-state index in [9.17, 15) is 80.6 Å². The number of nitrogens with two attached hydrogens (primary N) is 1. The normalized spacial score (nSPS) is 10.6. The summed E-state index contributed by atoms with van der Waals surface area (Å²) in [4.78, 5) is 76.3. The highest BCUT2D eigenvalue weighted by Crippen LogP contribution is 2.36. The topological polar surface area (TPSA) is 274 Å². The van der Waals surface area contributed by atoms with Gasteiger partial charge in [-0.1, -0.05) is 47.5 Å². The zero-order valence-corrected chi connectivity index (χ0v) is 54.4. The Labute approximate surface area is 576 Å². The average Bonchev–Trinajstić information content (AvgIpc) is 0.829. The van der Waals surface area contributed by atoms with Gasteiger partial charge in [0.05, 0.1) is 71.4 Å². The first kappa shape index (κ1) is 78.5. The number of carbonyl (C=O) groups is 4. The van der Waals surface area contributed by atoms with E-state index in [-0.39, 0.29) is 44.2 Å². The van der Waals surface area contributed by atoms with Crippen LogP contribution in [0, 0.1) is 46.5 Å². The van der Waals surface area contributed by atoms with Crippen LogP contribution < -0.4 is 27.1 Å². The van der Waals surface area contributed by atoms with Crippen molar-refractivity contribution < 1.29 is 90.7 Å². The number of anilines is 4. The number of rotatable bonds is 9. The summed E-state index contributed by atoms with van der Waals surface area (Å²) < 4.78 is 182. The van der Waals surface area contributed by atoms with E-state index >= 15 is 0 Å². The molecule has 4 aromatic heterocycles. The monoisotopic (exact) mass is 1610 g/mol. The number of carbonyl (C=O) groups excluding carboxylic acids is 4. The van der Waals surface area contributed by atoms with Crippen molar-refractivity contribution in [1.82, 2.24) is 39.9 Å². The molecule has 10 aromatic rings. The summed E-state index contributed by atoms with van der Waals surface area (Å²) in [7, 11) is -2.01. The van der Waals surface area contributed by atoms with Crippen molar-refractivity contribution in [2.24, 2.45) is 0 Å². The number of nitrogen functional groups attached to an aromatic ring is 1. The van der Waals surface area contributed by atoms with Crippen molar-refractivity contribution in [3.8, 4) is 11.3 Å². The molecule has 0 saturated heterocycles. The van der Waals surface area contributed by atoms with Crippen LogP contribution in [0.2, 0.25) is 10.0 Å². The van der Waals surface area contributed by atoms with E-state index in [1.165, 1.54) is 43.1 Å². The van der Waals surface area contributed by atoms with Gasteiger partial charge in [0.15, 0.2) is 17.5 Å². The lowest BCUT2D eigenvalue weighted by Gasteiger charge is -2.10. The van der Waals surface area contributed by atoms with Crippen molar-refractivity contribution in [1.29, 1.82) is 0 Å². The van der Waals surface area contributed by atoms with E-state index < -0.39 is 122 Å². The molecule has 10 rings (SSSR count). The number of alkyl halides is 6. The van der Waals surface area contributed by atoms with Crippen LogP contribution in [0.15, 0.2) is 173 Å². The molecule has 0 aliphatic rings. The van der Waals surface area contributed by atoms with Gasteiger partial charge in [-0.25, -0.2) is 70.0 Å². The molecule has 4 heterocycles. The van der Waals surface area contributed by atoms with E-state index in [1.54, 1.807) is 6.20 Å². The third kappa shape index (κ3) is 24.2. The predicted molar refractivity (Wildman–Crippen MR) is 337 cm³/mol. The molecule has 3 amide bonds. The minimum atomic E-state index is -4.56. The minimum Gasteiger partial charge on any atom is -0.423 e. The quantitative estimate of drug-likeness (QED) is 0.0445. The van der Waals surface area contributed by atoms with Crippen molar-refractivity contribution in [3.05, 3.63) is 263 Å². The highest BCUT2D eigenvalue weighted by atomic mass is 79.9. The molecule has 0 bridgehead atoms. The molecule has 39 heteroatoms. The van der Waals surface area contributed by atoms with Gasteiger partial charge in [0, 0.05) is 16.0 Å². The summed E-state index contributed by atoms with van der Waals surface area (Å²) in [5.74, 6) is -10.2. The largest absolute Gasteiger partial charge is 0.489 e. The van der Waals surface area contributed by atoms with E-state index in [0.29, 0.717) is 25.7 Å². The fourth-order valence-corrected chi connectivity index (χ4v) is 8.01. The second kappa shape index (κ2) is 36.3. The Morgan fingerprint density at radius 2 is 0.742 bits per heavy atom. The Morgan fingerprint density at radius 1 is 0.423 bits per heavy atom. The predicted octanol–water partition coefficient (Wildman–Crippen LogP) is 15.1. The van der Waals surface area contributed by atoms with Gasteiger partial charge in [0.1, 0.15) is 88.4 Å². The summed E-state index contributed by atoms with van der Waals surface area (Å²) in [5.41, 5.74) is 0.199. The van der Waals surface area contributed by atoms with Crippen molar-refractivity contribution >= 4 is 141 Å². The molecule has 0 saturated carbocycles. The fourth-order valence-electron chi connectivity index (χ4n) is 6.79. The number of nitrogens with zero attached hydrogens (tertiary/aromatic N) is 8. The summed E-state index contributed by atoms with van der Waals surface area (Å²) >= 11 is 25.5. The van der Waals surface area contributed by atoms with E-state index in [2.05, 4.69) is 104 Å². The molecule has 0 atom stereocenters. The van der Waals surface area contributed by atoms with Gasteiger partial charge in [0.2, 0.25) is 0 Å². The van der Waals surface area contributed by atoms with Crippen molar-refractivity contribution in [2.75, 3.05) is 21.7 Å². The molecule has 504 valence electrons. The van der Waals surface area contributed by atoms with Gasteiger partial charge >= 0.3 is 19.5 Å².